The minimum Gasteiger partial charge on any atom is -0.352 e. The predicted octanol–water partition coefficient (Wildman–Crippen LogP) is 2.17. The topological polar surface area (TPSA) is 75.3 Å². The van der Waals surface area contributed by atoms with Crippen molar-refractivity contribution in [2.75, 3.05) is 7.05 Å². The maximum absolute atomic E-state index is 5.03. The van der Waals surface area contributed by atoms with Gasteiger partial charge in [-0.2, -0.15) is 4.98 Å². The molecule has 2 N–H and O–H groups in total. The van der Waals surface area contributed by atoms with Crippen LogP contribution in [-0.2, 0) is 13.1 Å². The fraction of sp³-hybridized carbons (Fsp3) is 0.357. The zero-order valence-corrected chi connectivity index (χ0v) is 14.7. The maximum atomic E-state index is 5.03. The molecule has 0 saturated heterocycles. The highest BCUT2D eigenvalue weighted by molar-refractivity contribution is 14.0. The van der Waals surface area contributed by atoms with Gasteiger partial charge < -0.3 is 15.2 Å². The lowest BCUT2D eigenvalue weighted by Gasteiger charge is -2.10. The Kier molecular flexibility index (Phi) is 7.13. The molecule has 0 fully saturated rings. The maximum Gasteiger partial charge on any atom is 0.246 e. The second-order valence-electron chi connectivity index (χ2n) is 4.50. The van der Waals surface area contributed by atoms with Gasteiger partial charge in [0.1, 0.15) is 0 Å². The van der Waals surface area contributed by atoms with Gasteiger partial charge in [-0.3, -0.25) is 4.99 Å². The summed E-state index contributed by atoms with van der Waals surface area (Å²) in [6.07, 6.45) is 0. The molecule has 114 valence electrons. The highest BCUT2D eigenvalue weighted by Crippen LogP contribution is 2.03. The zero-order chi connectivity index (χ0) is 14.4. The lowest BCUT2D eigenvalue weighted by molar-refractivity contribution is 0.371. The third kappa shape index (κ3) is 5.70. The highest BCUT2D eigenvalue weighted by atomic mass is 127. The number of halogens is 1. The molecule has 0 bridgehead atoms. The van der Waals surface area contributed by atoms with Crippen LogP contribution in [0.5, 0.6) is 0 Å². The van der Waals surface area contributed by atoms with Gasteiger partial charge in [-0.05, 0) is 19.4 Å². The average molecular weight is 401 g/mol. The van der Waals surface area contributed by atoms with E-state index in [9.17, 15) is 0 Å². The van der Waals surface area contributed by atoms with Gasteiger partial charge in [-0.15, -0.1) is 24.0 Å². The van der Waals surface area contributed by atoms with E-state index in [0.29, 0.717) is 30.8 Å². The van der Waals surface area contributed by atoms with Crippen LogP contribution in [0.2, 0.25) is 0 Å². The fourth-order valence-corrected chi connectivity index (χ4v) is 1.80. The first-order valence-electron chi connectivity index (χ1n) is 6.46. The second-order valence-corrected chi connectivity index (χ2v) is 4.50. The molecule has 0 aliphatic rings. The number of guanidine groups is 1. The number of benzene rings is 1. The summed E-state index contributed by atoms with van der Waals surface area (Å²) in [6, 6.07) is 8.34. The Labute approximate surface area is 141 Å². The fourth-order valence-electron chi connectivity index (χ4n) is 1.80. The van der Waals surface area contributed by atoms with Crippen molar-refractivity contribution in [3.8, 4) is 0 Å². The molecule has 0 saturated carbocycles. The van der Waals surface area contributed by atoms with Gasteiger partial charge in [0.25, 0.3) is 0 Å². The lowest BCUT2D eigenvalue weighted by atomic mass is 10.1. The average Bonchev–Trinajstić information content (AvgIpc) is 2.85. The number of aromatic nitrogens is 2. The van der Waals surface area contributed by atoms with Crippen LogP contribution in [-0.4, -0.2) is 23.1 Å². The van der Waals surface area contributed by atoms with E-state index in [0.717, 1.165) is 0 Å². The predicted molar refractivity (Wildman–Crippen MR) is 92.7 cm³/mol. The van der Waals surface area contributed by atoms with Crippen LogP contribution in [0.15, 0.2) is 33.8 Å². The second kappa shape index (κ2) is 8.60. The van der Waals surface area contributed by atoms with Gasteiger partial charge >= 0.3 is 0 Å². The van der Waals surface area contributed by atoms with Crippen molar-refractivity contribution in [1.29, 1.82) is 0 Å². The van der Waals surface area contributed by atoms with Crippen molar-refractivity contribution in [3.63, 3.8) is 0 Å². The minimum atomic E-state index is 0. The zero-order valence-electron chi connectivity index (χ0n) is 12.4. The lowest BCUT2D eigenvalue weighted by Crippen LogP contribution is -2.36. The first-order chi connectivity index (χ1) is 9.67. The summed E-state index contributed by atoms with van der Waals surface area (Å²) in [4.78, 5) is 8.28. The third-order valence-electron chi connectivity index (χ3n) is 2.74. The molecule has 0 aliphatic heterocycles. The van der Waals surface area contributed by atoms with Crippen molar-refractivity contribution in [2.24, 2.45) is 4.99 Å². The van der Waals surface area contributed by atoms with Crippen LogP contribution in [0.4, 0.5) is 0 Å². The Morgan fingerprint density at radius 3 is 2.62 bits per heavy atom. The molecule has 0 unspecified atom stereocenters. The molecule has 21 heavy (non-hydrogen) atoms. The van der Waals surface area contributed by atoms with E-state index in [1.54, 1.807) is 14.0 Å². The van der Waals surface area contributed by atoms with Gasteiger partial charge in [-0.1, -0.05) is 35.0 Å². The SMILES string of the molecule is CN=C(NCc1cccc(C)c1)NCc1nc(C)no1.I. The number of rotatable bonds is 4. The molecule has 1 aromatic carbocycles. The Morgan fingerprint density at radius 1 is 1.24 bits per heavy atom. The van der Waals surface area contributed by atoms with Crippen LogP contribution in [0, 0.1) is 13.8 Å². The molecule has 0 amide bonds. The normalized spacial score (nSPS) is 10.9. The summed E-state index contributed by atoms with van der Waals surface area (Å²) < 4.78 is 5.03. The van der Waals surface area contributed by atoms with E-state index in [1.807, 2.05) is 6.07 Å². The van der Waals surface area contributed by atoms with Gasteiger partial charge in [0.2, 0.25) is 5.89 Å². The summed E-state index contributed by atoms with van der Waals surface area (Å²) in [5.74, 6) is 1.87. The molecular weight excluding hydrogens is 381 g/mol. The van der Waals surface area contributed by atoms with Crippen LogP contribution < -0.4 is 10.6 Å². The van der Waals surface area contributed by atoms with E-state index < -0.39 is 0 Å². The van der Waals surface area contributed by atoms with E-state index in [2.05, 4.69) is 50.9 Å². The van der Waals surface area contributed by atoms with Crippen LogP contribution >= 0.6 is 24.0 Å². The van der Waals surface area contributed by atoms with Crippen molar-refractivity contribution in [1.82, 2.24) is 20.8 Å². The molecule has 6 nitrogen and oxygen atoms in total. The molecule has 2 aromatic rings. The highest BCUT2D eigenvalue weighted by Gasteiger charge is 2.04. The minimum absolute atomic E-state index is 0. The smallest absolute Gasteiger partial charge is 0.246 e. The number of nitrogens with zero attached hydrogens (tertiary/aromatic N) is 3. The van der Waals surface area contributed by atoms with Crippen molar-refractivity contribution < 1.29 is 4.52 Å². The first kappa shape index (κ1) is 17.4. The van der Waals surface area contributed by atoms with Crippen molar-refractivity contribution in [3.05, 3.63) is 47.1 Å². The van der Waals surface area contributed by atoms with E-state index in [-0.39, 0.29) is 24.0 Å². The number of aliphatic imine (C=N–C) groups is 1. The standard InChI is InChI=1S/C14H19N5O.HI/c1-10-5-4-6-12(7-10)8-16-14(15-3)17-9-13-18-11(2)19-20-13;/h4-7H,8-9H2,1-3H3,(H2,15,16,17);1H. The summed E-state index contributed by atoms with van der Waals surface area (Å²) >= 11 is 0. The number of hydrogen-bond donors (Lipinski definition) is 2. The van der Waals surface area contributed by atoms with Crippen molar-refractivity contribution >= 4 is 29.9 Å². The molecular formula is C14H20IN5O. The summed E-state index contributed by atoms with van der Waals surface area (Å²) in [5, 5.41) is 10.1. The van der Waals surface area contributed by atoms with Gasteiger partial charge in [-0.25, -0.2) is 0 Å². The Hall–Kier alpha value is -1.64. The summed E-state index contributed by atoms with van der Waals surface area (Å²) in [5.41, 5.74) is 2.45. The molecule has 1 heterocycles. The number of nitrogens with one attached hydrogen (secondary N) is 2. The Morgan fingerprint density at radius 2 is 2.00 bits per heavy atom. The third-order valence-corrected chi connectivity index (χ3v) is 2.74. The number of hydrogen-bond acceptors (Lipinski definition) is 4. The molecule has 0 radical (unpaired) electrons. The van der Waals surface area contributed by atoms with Gasteiger partial charge in [0.15, 0.2) is 11.8 Å². The van der Waals surface area contributed by atoms with E-state index in [4.69, 9.17) is 4.52 Å². The molecule has 0 atom stereocenters. The molecule has 0 spiro atoms. The Balaban J connectivity index is 0.00000220. The monoisotopic (exact) mass is 401 g/mol. The number of aryl methyl sites for hydroxylation is 2. The van der Waals surface area contributed by atoms with Crippen LogP contribution in [0.25, 0.3) is 0 Å². The molecule has 0 aliphatic carbocycles. The first-order valence-corrected chi connectivity index (χ1v) is 6.46. The molecule has 1 aromatic heterocycles. The summed E-state index contributed by atoms with van der Waals surface area (Å²) in [6.45, 7) is 5.03. The van der Waals surface area contributed by atoms with Crippen LogP contribution in [0.3, 0.4) is 0 Å². The quantitative estimate of drug-likeness (QED) is 0.467. The van der Waals surface area contributed by atoms with Gasteiger partial charge in [0.05, 0.1) is 6.54 Å². The van der Waals surface area contributed by atoms with Crippen LogP contribution in [0.1, 0.15) is 22.8 Å². The van der Waals surface area contributed by atoms with Crippen molar-refractivity contribution in [2.45, 2.75) is 26.9 Å². The van der Waals surface area contributed by atoms with Gasteiger partial charge in [0, 0.05) is 13.6 Å². The Bertz CT molecular complexity index is 597. The molecule has 2 rings (SSSR count). The van der Waals surface area contributed by atoms with E-state index in [1.165, 1.54) is 11.1 Å². The summed E-state index contributed by atoms with van der Waals surface area (Å²) in [7, 11) is 1.73. The molecule has 7 heteroatoms. The largest absolute Gasteiger partial charge is 0.352 e. The van der Waals surface area contributed by atoms with E-state index >= 15 is 0 Å².